The molecule has 0 radical (unpaired) electrons. The summed E-state index contributed by atoms with van der Waals surface area (Å²) in [6.07, 6.45) is 2.70. The molecule has 1 aliphatic heterocycles. The first kappa shape index (κ1) is 13.7. The molecule has 1 N–H and O–H groups in total. The third-order valence-corrected chi connectivity index (χ3v) is 3.89. The van der Waals surface area contributed by atoms with Crippen molar-refractivity contribution in [2.45, 2.75) is 19.4 Å². The third-order valence-electron chi connectivity index (χ3n) is 3.89. The summed E-state index contributed by atoms with van der Waals surface area (Å²) in [4.78, 5) is 18.8. The first-order valence-electron chi connectivity index (χ1n) is 6.90. The molecule has 2 aromatic rings. The van der Waals surface area contributed by atoms with E-state index in [1.54, 1.807) is 6.07 Å². The lowest BCUT2D eigenvalue weighted by molar-refractivity contribution is -0.384. The molecule has 0 saturated carbocycles. The van der Waals surface area contributed by atoms with E-state index < -0.39 is 4.92 Å². The minimum absolute atomic E-state index is 0.0397. The summed E-state index contributed by atoms with van der Waals surface area (Å²) in [7, 11) is 0. The number of fused-ring (bicyclic) bond motifs is 1. The second-order valence-electron chi connectivity index (χ2n) is 5.19. The highest BCUT2D eigenvalue weighted by Gasteiger charge is 2.24. The quantitative estimate of drug-likeness (QED) is 0.686. The Balaban J connectivity index is 1.86. The van der Waals surface area contributed by atoms with Gasteiger partial charge in [-0.15, -0.1) is 0 Å². The van der Waals surface area contributed by atoms with Gasteiger partial charge in [-0.3, -0.25) is 10.1 Å². The fourth-order valence-corrected chi connectivity index (χ4v) is 2.57. The number of aromatic nitrogens is 2. The maximum atomic E-state index is 10.9. The van der Waals surface area contributed by atoms with Crippen LogP contribution in [0.2, 0.25) is 0 Å². The molecular weight excluding hydrogens is 272 g/mol. The van der Waals surface area contributed by atoms with Crippen molar-refractivity contribution in [2.24, 2.45) is 5.92 Å². The smallest absolute Gasteiger partial charge is 0.270 e. The van der Waals surface area contributed by atoms with Crippen LogP contribution in [0, 0.1) is 16.0 Å². The van der Waals surface area contributed by atoms with Crippen LogP contribution in [0.15, 0.2) is 24.5 Å². The van der Waals surface area contributed by atoms with E-state index in [9.17, 15) is 10.1 Å². The zero-order valence-electron chi connectivity index (χ0n) is 11.7. The van der Waals surface area contributed by atoms with Gasteiger partial charge in [0.2, 0.25) is 0 Å². The van der Waals surface area contributed by atoms with Crippen molar-refractivity contribution in [3.05, 3.63) is 34.6 Å². The summed E-state index contributed by atoms with van der Waals surface area (Å²) < 4.78 is 5.53. The van der Waals surface area contributed by atoms with Gasteiger partial charge in [-0.1, -0.05) is 0 Å². The Labute approximate surface area is 121 Å². The molecule has 21 heavy (non-hydrogen) atoms. The van der Waals surface area contributed by atoms with Gasteiger partial charge in [-0.25, -0.2) is 9.97 Å². The molecular formula is C14H16N4O3. The number of nitro groups is 1. The van der Waals surface area contributed by atoms with Crippen molar-refractivity contribution in [3.8, 4) is 0 Å². The average molecular weight is 288 g/mol. The van der Waals surface area contributed by atoms with E-state index in [0.717, 1.165) is 19.6 Å². The van der Waals surface area contributed by atoms with Crippen LogP contribution in [0.25, 0.3) is 10.9 Å². The van der Waals surface area contributed by atoms with Crippen LogP contribution in [-0.4, -0.2) is 34.1 Å². The molecule has 1 aromatic heterocycles. The lowest BCUT2D eigenvalue weighted by atomic mass is 10.0. The zero-order valence-corrected chi connectivity index (χ0v) is 11.7. The van der Waals surface area contributed by atoms with E-state index in [1.807, 2.05) is 0 Å². The second kappa shape index (κ2) is 5.61. The van der Waals surface area contributed by atoms with Crippen LogP contribution in [0.5, 0.6) is 0 Å². The first-order valence-corrected chi connectivity index (χ1v) is 6.90. The molecule has 0 spiro atoms. The van der Waals surface area contributed by atoms with Gasteiger partial charge in [0.05, 0.1) is 16.5 Å². The summed E-state index contributed by atoms with van der Waals surface area (Å²) in [5.41, 5.74) is 0.728. The van der Waals surface area contributed by atoms with Crippen LogP contribution in [-0.2, 0) is 4.74 Å². The molecule has 7 heteroatoms. The fraction of sp³-hybridized carbons (Fsp3) is 0.429. The Morgan fingerprint density at radius 1 is 1.48 bits per heavy atom. The number of nitro benzene ring substituents is 1. The Morgan fingerprint density at radius 3 is 3.05 bits per heavy atom. The predicted octanol–water partition coefficient (Wildman–Crippen LogP) is 2.37. The summed E-state index contributed by atoms with van der Waals surface area (Å²) in [6.45, 7) is 3.57. The van der Waals surface area contributed by atoms with Crippen LogP contribution >= 0.6 is 0 Å². The topological polar surface area (TPSA) is 90.2 Å². The molecule has 3 rings (SSSR count). The average Bonchev–Trinajstić information content (AvgIpc) is 2.89. The van der Waals surface area contributed by atoms with E-state index in [-0.39, 0.29) is 11.8 Å². The molecule has 0 aliphatic carbocycles. The third kappa shape index (κ3) is 2.78. The highest BCUT2D eigenvalue weighted by atomic mass is 16.6. The van der Waals surface area contributed by atoms with E-state index in [1.165, 1.54) is 18.5 Å². The number of non-ortho nitro benzene ring substituents is 1. The van der Waals surface area contributed by atoms with Crippen molar-refractivity contribution >= 4 is 22.4 Å². The van der Waals surface area contributed by atoms with Crippen molar-refractivity contribution in [1.82, 2.24) is 9.97 Å². The van der Waals surface area contributed by atoms with Gasteiger partial charge < -0.3 is 10.1 Å². The summed E-state index contributed by atoms with van der Waals surface area (Å²) >= 11 is 0. The van der Waals surface area contributed by atoms with Gasteiger partial charge in [0.1, 0.15) is 12.1 Å². The highest BCUT2D eigenvalue weighted by Crippen LogP contribution is 2.26. The number of nitrogens with one attached hydrogen (secondary N) is 1. The van der Waals surface area contributed by atoms with Crippen molar-refractivity contribution in [2.75, 3.05) is 18.5 Å². The molecule has 2 atom stereocenters. The molecule has 0 bridgehead atoms. The van der Waals surface area contributed by atoms with Crippen molar-refractivity contribution in [3.63, 3.8) is 0 Å². The number of anilines is 1. The Hall–Kier alpha value is -2.28. The summed E-state index contributed by atoms with van der Waals surface area (Å²) in [5.74, 6) is 1.05. The van der Waals surface area contributed by atoms with Gasteiger partial charge in [0.25, 0.3) is 5.69 Å². The van der Waals surface area contributed by atoms with Gasteiger partial charge in [-0.05, 0) is 19.4 Å². The lowest BCUT2D eigenvalue weighted by Gasteiger charge is -2.15. The normalized spacial score (nSPS) is 21.6. The number of benzene rings is 1. The maximum absolute atomic E-state index is 10.9. The van der Waals surface area contributed by atoms with Crippen LogP contribution in [0.4, 0.5) is 11.5 Å². The van der Waals surface area contributed by atoms with Crippen LogP contribution < -0.4 is 5.32 Å². The maximum Gasteiger partial charge on any atom is 0.270 e. The van der Waals surface area contributed by atoms with E-state index in [0.29, 0.717) is 22.6 Å². The molecule has 7 nitrogen and oxygen atoms in total. The summed E-state index contributed by atoms with van der Waals surface area (Å²) in [6, 6.07) is 4.60. The van der Waals surface area contributed by atoms with E-state index in [4.69, 9.17) is 4.74 Å². The van der Waals surface area contributed by atoms with Gasteiger partial charge in [-0.2, -0.15) is 0 Å². The molecule has 1 saturated heterocycles. The van der Waals surface area contributed by atoms with Gasteiger partial charge in [0, 0.05) is 36.6 Å². The molecule has 1 aliphatic rings. The first-order chi connectivity index (χ1) is 10.1. The van der Waals surface area contributed by atoms with Crippen LogP contribution in [0.1, 0.15) is 13.3 Å². The van der Waals surface area contributed by atoms with Gasteiger partial charge in [0.15, 0.2) is 0 Å². The number of nitrogens with zero attached hydrogens (tertiary/aromatic N) is 3. The van der Waals surface area contributed by atoms with E-state index >= 15 is 0 Å². The summed E-state index contributed by atoms with van der Waals surface area (Å²) in [5, 5.41) is 14.8. The Bertz CT molecular complexity index is 676. The van der Waals surface area contributed by atoms with Gasteiger partial charge >= 0.3 is 0 Å². The van der Waals surface area contributed by atoms with Crippen molar-refractivity contribution in [1.29, 1.82) is 0 Å². The zero-order chi connectivity index (χ0) is 14.8. The minimum atomic E-state index is -0.414. The number of hydrogen-bond donors (Lipinski definition) is 1. The SMILES string of the molecule is CC1OCCC1CNc1ncnc2ccc([N+](=O)[O-])cc12. The standard InChI is InChI=1S/C14H16N4O3/c1-9-10(4-5-21-9)7-15-14-12-6-11(18(19)20)2-3-13(12)16-8-17-14/h2-3,6,8-10H,4-5,7H2,1H3,(H,15,16,17). The Kier molecular flexibility index (Phi) is 3.66. The number of hydrogen-bond acceptors (Lipinski definition) is 6. The molecule has 110 valence electrons. The van der Waals surface area contributed by atoms with Crippen LogP contribution in [0.3, 0.4) is 0 Å². The van der Waals surface area contributed by atoms with Crippen molar-refractivity contribution < 1.29 is 9.66 Å². The largest absolute Gasteiger partial charge is 0.378 e. The predicted molar refractivity (Wildman–Crippen MR) is 78.2 cm³/mol. The highest BCUT2D eigenvalue weighted by molar-refractivity contribution is 5.90. The lowest BCUT2D eigenvalue weighted by Crippen LogP contribution is -2.21. The Morgan fingerprint density at radius 2 is 2.33 bits per heavy atom. The van der Waals surface area contributed by atoms with E-state index in [2.05, 4.69) is 22.2 Å². The molecule has 0 amide bonds. The molecule has 2 unspecified atom stereocenters. The molecule has 1 aromatic carbocycles. The number of rotatable bonds is 4. The minimum Gasteiger partial charge on any atom is -0.378 e. The molecule has 1 fully saturated rings. The fourth-order valence-electron chi connectivity index (χ4n) is 2.57. The molecule has 2 heterocycles. The number of ether oxygens (including phenoxy) is 1. The monoisotopic (exact) mass is 288 g/mol. The second-order valence-corrected chi connectivity index (χ2v) is 5.19.